The third kappa shape index (κ3) is 3.57. The molecule has 0 radical (unpaired) electrons. The van der Waals surface area contributed by atoms with E-state index in [4.69, 9.17) is 5.11 Å². The van der Waals surface area contributed by atoms with E-state index in [1.165, 1.54) is 10.9 Å². The van der Waals surface area contributed by atoms with E-state index in [1.807, 2.05) is 6.92 Å². The van der Waals surface area contributed by atoms with E-state index in [2.05, 4.69) is 20.9 Å². The van der Waals surface area contributed by atoms with Crippen LogP contribution in [0.1, 0.15) is 36.7 Å². The molecule has 0 aliphatic carbocycles. The fourth-order valence-corrected chi connectivity index (χ4v) is 2.62. The highest BCUT2D eigenvalue weighted by Gasteiger charge is 2.37. The maximum absolute atomic E-state index is 12.4. The van der Waals surface area contributed by atoms with Crippen LogP contribution >= 0.6 is 0 Å². The van der Waals surface area contributed by atoms with Crippen LogP contribution in [0.3, 0.4) is 0 Å². The Morgan fingerprint density at radius 3 is 2.76 bits per heavy atom. The van der Waals surface area contributed by atoms with Gasteiger partial charge in [-0.3, -0.25) is 4.79 Å². The Labute approximate surface area is 122 Å². The van der Waals surface area contributed by atoms with Crippen molar-refractivity contribution in [1.82, 2.24) is 25.6 Å². The minimum Gasteiger partial charge on any atom is -0.476 e. The van der Waals surface area contributed by atoms with Gasteiger partial charge < -0.3 is 15.7 Å². The number of aromatic nitrogens is 3. The highest BCUT2D eigenvalue weighted by molar-refractivity contribution is 5.84. The van der Waals surface area contributed by atoms with Crippen molar-refractivity contribution in [3.63, 3.8) is 0 Å². The average Bonchev–Trinajstić information content (AvgIpc) is 2.97. The second kappa shape index (κ2) is 6.66. The molecule has 0 atom stereocenters. The maximum Gasteiger partial charge on any atom is 0.358 e. The number of nitrogens with zero attached hydrogens (tertiary/aromatic N) is 3. The molecule has 3 N–H and O–H groups in total. The van der Waals surface area contributed by atoms with Crippen molar-refractivity contribution in [3.8, 4) is 0 Å². The van der Waals surface area contributed by atoms with Gasteiger partial charge >= 0.3 is 5.97 Å². The number of amides is 1. The standard InChI is InChI=1S/C13H21N5O3/c1-2-13(3-5-14-6-4-13)12(21)15-7-8-18-9-10(11(19)20)16-17-18/h9,14H,2-8H2,1H3,(H,15,21)(H,19,20). The van der Waals surface area contributed by atoms with Gasteiger partial charge in [-0.05, 0) is 32.4 Å². The minimum absolute atomic E-state index is 0.0741. The van der Waals surface area contributed by atoms with E-state index >= 15 is 0 Å². The Hall–Kier alpha value is -1.96. The zero-order valence-corrected chi connectivity index (χ0v) is 12.1. The summed E-state index contributed by atoms with van der Waals surface area (Å²) in [5, 5.41) is 22.2. The molecule has 0 aromatic carbocycles. The smallest absolute Gasteiger partial charge is 0.358 e. The van der Waals surface area contributed by atoms with Gasteiger partial charge in [0.15, 0.2) is 5.69 Å². The Morgan fingerprint density at radius 2 is 2.19 bits per heavy atom. The highest BCUT2D eigenvalue weighted by atomic mass is 16.4. The molecule has 1 aromatic rings. The fourth-order valence-electron chi connectivity index (χ4n) is 2.62. The van der Waals surface area contributed by atoms with Crippen LogP contribution in [0.25, 0.3) is 0 Å². The lowest BCUT2D eigenvalue weighted by Gasteiger charge is -2.35. The van der Waals surface area contributed by atoms with Crippen molar-refractivity contribution < 1.29 is 14.7 Å². The number of aromatic carboxylic acids is 1. The van der Waals surface area contributed by atoms with Crippen LogP contribution in [-0.4, -0.2) is 51.6 Å². The van der Waals surface area contributed by atoms with E-state index in [9.17, 15) is 9.59 Å². The molecule has 0 bridgehead atoms. The monoisotopic (exact) mass is 295 g/mol. The molecule has 1 aliphatic heterocycles. The molecule has 0 spiro atoms. The average molecular weight is 295 g/mol. The van der Waals surface area contributed by atoms with Gasteiger partial charge in [0.25, 0.3) is 0 Å². The number of piperidine rings is 1. The van der Waals surface area contributed by atoms with Gasteiger partial charge in [0.1, 0.15) is 0 Å². The van der Waals surface area contributed by atoms with E-state index in [0.717, 1.165) is 32.4 Å². The number of hydrogen-bond acceptors (Lipinski definition) is 5. The number of hydrogen-bond donors (Lipinski definition) is 3. The van der Waals surface area contributed by atoms with Crippen molar-refractivity contribution in [2.45, 2.75) is 32.7 Å². The van der Waals surface area contributed by atoms with Crippen LogP contribution in [0, 0.1) is 5.41 Å². The molecule has 0 saturated carbocycles. The summed E-state index contributed by atoms with van der Waals surface area (Å²) in [5.74, 6) is -1.03. The lowest BCUT2D eigenvalue weighted by molar-refractivity contribution is -0.132. The minimum atomic E-state index is -1.11. The molecule has 8 heteroatoms. The van der Waals surface area contributed by atoms with Gasteiger partial charge in [0.2, 0.25) is 5.91 Å². The normalized spacial score (nSPS) is 17.4. The molecule has 8 nitrogen and oxygen atoms in total. The molecular formula is C13H21N5O3. The van der Waals surface area contributed by atoms with Crippen LogP contribution in [0.15, 0.2) is 6.20 Å². The van der Waals surface area contributed by atoms with E-state index in [-0.39, 0.29) is 17.0 Å². The number of carbonyl (C=O) groups excluding carboxylic acids is 1. The summed E-state index contributed by atoms with van der Waals surface area (Å²) < 4.78 is 1.42. The van der Waals surface area contributed by atoms with Gasteiger partial charge in [0, 0.05) is 6.54 Å². The number of carboxylic acid groups (broad SMARTS) is 1. The van der Waals surface area contributed by atoms with Crippen LogP contribution in [-0.2, 0) is 11.3 Å². The number of nitrogens with one attached hydrogen (secondary N) is 2. The summed E-state index contributed by atoms with van der Waals surface area (Å²) in [6.07, 6.45) is 3.88. The highest BCUT2D eigenvalue weighted by Crippen LogP contribution is 2.32. The molecule has 2 heterocycles. The van der Waals surface area contributed by atoms with Crippen LogP contribution < -0.4 is 10.6 Å². The number of carbonyl (C=O) groups is 2. The quantitative estimate of drug-likeness (QED) is 0.674. The second-order valence-corrected chi connectivity index (χ2v) is 5.31. The molecule has 1 fully saturated rings. The van der Waals surface area contributed by atoms with Gasteiger partial charge in [-0.25, -0.2) is 9.48 Å². The molecule has 2 rings (SSSR count). The first-order valence-electron chi connectivity index (χ1n) is 7.20. The van der Waals surface area contributed by atoms with Crippen LogP contribution in [0.5, 0.6) is 0 Å². The summed E-state index contributed by atoms with van der Waals surface area (Å²) >= 11 is 0. The largest absolute Gasteiger partial charge is 0.476 e. The van der Waals surface area contributed by atoms with Crippen molar-refractivity contribution in [2.24, 2.45) is 5.41 Å². The van der Waals surface area contributed by atoms with E-state index in [0.29, 0.717) is 13.1 Å². The van der Waals surface area contributed by atoms with Gasteiger partial charge in [-0.15, -0.1) is 5.10 Å². The fraction of sp³-hybridized carbons (Fsp3) is 0.692. The maximum atomic E-state index is 12.4. The molecule has 21 heavy (non-hydrogen) atoms. The molecule has 0 unspecified atom stereocenters. The van der Waals surface area contributed by atoms with Crippen LogP contribution in [0.4, 0.5) is 0 Å². The molecule has 1 aliphatic rings. The first kappa shape index (κ1) is 15.4. The van der Waals surface area contributed by atoms with Crippen LogP contribution in [0.2, 0.25) is 0 Å². The second-order valence-electron chi connectivity index (χ2n) is 5.31. The molecule has 116 valence electrons. The lowest BCUT2D eigenvalue weighted by atomic mass is 9.76. The molecule has 1 amide bonds. The third-order valence-corrected chi connectivity index (χ3v) is 4.10. The van der Waals surface area contributed by atoms with Crippen molar-refractivity contribution in [1.29, 1.82) is 0 Å². The zero-order valence-electron chi connectivity index (χ0n) is 12.1. The Balaban J connectivity index is 1.84. The zero-order chi connectivity index (χ0) is 15.3. The summed E-state index contributed by atoms with van der Waals surface area (Å²) in [5.41, 5.74) is -0.371. The van der Waals surface area contributed by atoms with Gasteiger partial charge in [-0.2, -0.15) is 0 Å². The van der Waals surface area contributed by atoms with Gasteiger partial charge in [-0.1, -0.05) is 12.1 Å². The predicted molar refractivity (Wildman–Crippen MR) is 74.8 cm³/mol. The SMILES string of the molecule is CCC1(C(=O)NCCn2cc(C(=O)O)nn2)CCNCC1. The topological polar surface area (TPSA) is 109 Å². The molecule has 1 saturated heterocycles. The van der Waals surface area contributed by atoms with Crippen molar-refractivity contribution in [2.75, 3.05) is 19.6 Å². The van der Waals surface area contributed by atoms with E-state index < -0.39 is 5.97 Å². The Morgan fingerprint density at radius 1 is 1.48 bits per heavy atom. The van der Waals surface area contributed by atoms with Gasteiger partial charge in [0.05, 0.1) is 18.2 Å². The van der Waals surface area contributed by atoms with Crippen molar-refractivity contribution >= 4 is 11.9 Å². The molecule has 1 aromatic heterocycles. The summed E-state index contributed by atoms with van der Waals surface area (Å²) in [7, 11) is 0. The van der Waals surface area contributed by atoms with E-state index in [1.54, 1.807) is 0 Å². The number of rotatable bonds is 6. The predicted octanol–water partition coefficient (Wildman–Crippen LogP) is -0.128. The van der Waals surface area contributed by atoms with Crippen molar-refractivity contribution in [3.05, 3.63) is 11.9 Å². The third-order valence-electron chi connectivity index (χ3n) is 4.10. The lowest BCUT2D eigenvalue weighted by Crippen LogP contribution is -2.47. The molecular weight excluding hydrogens is 274 g/mol. The Kier molecular flexibility index (Phi) is 4.89. The summed E-state index contributed by atoms with van der Waals surface area (Å²) in [6.45, 7) is 4.60. The summed E-state index contributed by atoms with van der Waals surface area (Å²) in [6, 6.07) is 0. The Bertz CT molecular complexity index is 508. The summed E-state index contributed by atoms with van der Waals surface area (Å²) in [4.78, 5) is 23.1. The number of carboxylic acids is 1. The first-order valence-corrected chi connectivity index (χ1v) is 7.20. The first-order chi connectivity index (χ1) is 10.1.